The predicted octanol–water partition coefficient (Wildman–Crippen LogP) is 1.21. The number of aromatic hydroxyl groups is 1. The van der Waals surface area contributed by atoms with Crippen LogP contribution in [0.2, 0.25) is 0 Å². The molecular weight excluding hydrogens is 258 g/mol. The summed E-state index contributed by atoms with van der Waals surface area (Å²) in [6.07, 6.45) is 0. The van der Waals surface area contributed by atoms with Crippen LogP contribution in [0.15, 0.2) is 18.2 Å². The normalized spacial score (nSPS) is 11.7. The molecule has 1 amide bonds. The number of phenols is 1. The molecule has 0 saturated carbocycles. The fourth-order valence-electron chi connectivity index (χ4n) is 1.36. The van der Waals surface area contributed by atoms with Gasteiger partial charge in [-0.05, 0) is 19.1 Å². The lowest BCUT2D eigenvalue weighted by Crippen LogP contribution is -2.34. The van der Waals surface area contributed by atoms with E-state index >= 15 is 0 Å². The fourth-order valence-corrected chi connectivity index (χ4v) is 1.52. The van der Waals surface area contributed by atoms with Crippen LogP contribution in [0, 0.1) is 6.92 Å². The highest BCUT2D eigenvalue weighted by atomic mass is 35.5. The van der Waals surface area contributed by atoms with Crippen molar-refractivity contribution in [1.82, 2.24) is 5.32 Å². The van der Waals surface area contributed by atoms with E-state index in [0.717, 1.165) is 0 Å². The Morgan fingerprint density at radius 3 is 2.78 bits per heavy atom. The first-order valence-electron chi connectivity index (χ1n) is 5.26. The molecule has 0 aromatic heterocycles. The first-order chi connectivity index (χ1) is 8.47. The van der Waals surface area contributed by atoms with Gasteiger partial charge >= 0.3 is 5.97 Å². The first kappa shape index (κ1) is 14.3. The molecular formula is C12H14ClNO4. The summed E-state index contributed by atoms with van der Waals surface area (Å²) in [5, 5.41) is 11.0. The molecule has 98 valence electrons. The molecule has 0 radical (unpaired) electrons. The van der Waals surface area contributed by atoms with Crippen LogP contribution in [0.3, 0.4) is 0 Å². The zero-order valence-corrected chi connectivity index (χ0v) is 10.8. The molecule has 1 unspecified atom stereocenters. The summed E-state index contributed by atoms with van der Waals surface area (Å²) in [6, 6.07) is 4.63. The molecule has 1 aromatic carbocycles. The minimum Gasteiger partial charge on any atom is -0.508 e. The third kappa shape index (κ3) is 3.37. The quantitative estimate of drug-likeness (QED) is 0.638. The maximum Gasteiger partial charge on any atom is 0.325 e. The second-order valence-electron chi connectivity index (χ2n) is 3.65. The Kier molecular flexibility index (Phi) is 4.97. The SMILES string of the molecule is COC(=O)C(Cl)CNC(=O)c1cccc(O)c1C. The van der Waals surface area contributed by atoms with Gasteiger partial charge in [0.05, 0.1) is 7.11 Å². The molecule has 1 rings (SSSR count). The Labute approximate surface area is 110 Å². The van der Waals surface area contributed by atoms with Gasteiger partial charge in [0.1, 0.15) is 11.1 Å². The number of nitrogens with one attached hydrogen (secondary N) is 1. The average molecular weight is 272 g/mol. The molecule has 5 nitrogen and oxygen atoms in total. The maximum absolute atomic E-state index is 11.8. The van der Waals surface area contributed by atoms with Crippen molar-refractivity contribution in [1.29, 1.82) is 0 Å². The van der Waals surface area contributed by atoms with E-state index in [0.29, 0.717) is 11.1 Å². The Morgan fingerprint density at radius 1 is 1.50 bits per heavy atom. The standard InChI is InChI=1S/C12H14ClNO4/c1-7-8(4-3-5-10(7)15)11(16)14-6-9(13)12(17)18-2/h3-5,9,15H,6H2,1-2H3,(H,14,16). The fraction of sp³-hybridized carbons (Fsp3) is 0.333. The minimum atomic E-state index is -0.934. The summed E-state index contributed by atoms with van der Waals surface area (Å²) in [7, 11) is 1.22. The van der Waals surface area contributed by atoms with E-state index in [4.69, 9.17) is 11.6 Å². The highest BCUT2D eigenvalue weighted by Gasteiger charge is 2.18. The molecule has 0 heterocycles. The van der Waals surface area contributed by atoms with Crippen molar-refractivity contribution in [3.05, 3.63) is 29.3 Å². The number of carbonyl (C=O) groups excluding carboxylic acids is 2. The first-order valence-corrected chi connectivity index (χ1v) is 5.69. The number of amides is 1. The summed E-state index contributed by atoms with van der Waals surface area (Å²) in [6.45, 7) is 1.59. The van der Waals surface area contributed by atoms with Crippen molar-refractivity contribution in [2.75, 3.05) is 13.7 Å². The number of benzene rings is 1. The highest BCUT2D eigenvalue weighted by Crippen LogP contribution is 2.19. The molecule has 0 fully saturated rings. The summed E-state index contributed by atoms with van der Waals surface area (Å²) in [5.74, 6) is -0.972. The Morgan fingerprint density at radius 2 is 2.17 bits per heavy atom. The molecule has 0 saturated heterocycles. The van der Waals surface area contributed by atoms with Crippen LogP contribution < -0.4 is 5.32 Å². The Hall–Kier alpha value is -1.75. The molecule has 0 spiro atoms. The Bertz CT molecular complexity index is 461. The van der Waals surface area contributed by atoms with E-state index in [1.54, 1.807) is 19.1 Å². The van der Waals surface area contributed by atoms with Crippen LogP contribution in [0.5, 0.6) is 5.75 Å². The van der Waals surface area contributed by atoms with E-state index in [2.05, 4.69) is 10.1 Å². The maximum atomic E-state index is 11.8. The van der Waals surface area contributed by atoms with E-state index in [1.807, 2.05) is 0 Å². The van der Waals surface area contributed by atoms with Crippen LogP contribution in [0.1, 0.15) is 15.9 Å². The number of alkyl halides is 1. The molecule has 6 heteroatoms. The number of methoxy groups -OCH3 is 1. The van der Waals surface area contributed by atoms with E-state index in [-0.39, 0.29) is 12.3 Å². The van der Waals surface area contributed by atoms with Gasteiger partial charge in [-0.3, -0.25) is 9.59 Å². The molecule has 18 heavy (non-hydrogen) atoms. The number of hydrogen-bond donors (Lipinski definition) is 2. The van der Waals surface area contributed by atoms with Gasteiger partial charge in [0.15, 0.2) is 0 Å². The predicted molar refractivity (Wildman–Crippen MR) is 66.8 cm³/mol. The van der Waals surface area contributed by atoms with Crippen molar-refractivity contribution in [3.63, 3.8) is 0 Å². The lowest BCUT2D eigenvalue weighted by Gasteiger charge is -2.10. The summed E-state index contributed by atoms with van der Waals surface area (Å²) in [5.41, 5.74) is 0.808. The van der Waals surface area contributed by atoms with Gasteiger partial charge in [-0.2, -0.15) is 0 Å². The number of halogens is 1. The third-order valence-corrected chi connectivity index (χ3v) is 2.78. The topological polar surface area (TPSA) is 75.6 Å². The monoisotopic (exact) mass is 271 g/mol. The summed E-state index contributed by atoms with van der Waals surface area (Å²) in [4.78, 5) is 22.8. The highest BCUT2D eigenvalue weighted by molar-refractivity contribution is 6.30. The molecule has 0 aliphatic carbocycles. The van der Waals surface area contributed by atoms with E-state index < -0.39 is 17.3 Å². The van der Waals surface area contributed by atoms with Crippen molar-refractivity contribution >= 4 is 23.5 Å². The molecule has 0 aliphatic rings. The lowest BCUT2D eigenvalue weighted by molar-refractivity contribution is -0.140. The van der Waals surface area contributed by atoms with Crippen LogP contribution in [-0.2, 0) is 9.53 Å². The van der Waals surface area contributed by atoms with Crippen LogP contribution in [0.4, 0.5) is 0 Å². The van der Waals surface area contributed by atoms with Gasteiger partial charge < -0.3 is 15.2 Å². The molecule has 1 atom stereocenters. The minimum absolute atomic E-state index is 0.0395. The van der Waals surface area contributed by atoms with E-state index in [1.165, 1.54) is 13.2 Å². The van der Waals surface area contributed by atoms with Gasteiger partial charge in [0, 0.05) is 17.7 Å². The number of hydrogen-bond acceptors (Lipinski definition) is 4. The van der Waals surface area contributed by atoms with Crippen LogP contribution in [-0.4, -0.2) is 36.0 Å². The average Bonchev–Trinajstić information content (AvgIpc) is 2.37. The zero-order valence-electron chi connectivity index (χ0n) is 10.1. The summed E-state index contributed by atoms with van der Waals surface area (Å²) >= 11 is 5.70. The van der Waals surface area contributed by atoms with Gasteiger partial charge in [-0.25, -0.2) is 0 Å². The molecule has 1 aromatic rings. The van der Waals surface area contributed by atoms with Crippen molar-refractivity contribution in [2.45, 2.75) is 12.3 Å². The van der Waals surface area contributed by atoms with E-state index in [9.17, 15) is 14.7 Å². The van der Waals surface area contributed by atoms with Crippen molar-refractivity contribution in [3.8, 4) is 5.75 Å². The Balaban J connectivity index is 2.66. The number of phenolic OH excluding ortho intramolecular Hbond substituents is 1. The van der Waals surface area contributed by atoms with Gasteiger partial charge in [0.2, 0.25) is 0 Å². The second-order valence-corrected chi connectivity index (χ2v) is 4.18. The van der Waals surface area contributed by atoms with Gasteiger partial charge in [-0.1, -0.05) is 6.07 Å². The van der Waals surface area contributed by atoms with Gasteiger partial charge in [-0.15, -0.1) is 11.6 Å². The largest absolute Gasteiger partial charge is 0.508 e. The van der Waals surface area contributed by atoms with Crippen molar-refractivity contribution < 1.29 is 19.4 Å². The second kappa shape index (κ2) is 6.26. The summed E-state index contributed by atoms with van der Waals surface area (Å²) < 4.78 is 4.43. The molecule has 0 aliphatic heterocycles. The molecule has 2 N–H and O–H groups in total. The number of ether oxygens (including phenoxy) is 1. The number of esters is 1. The lowest BCUT2D eigenvalue weighted by atomic mass is 10.1. The number of rotatable bonds is 4. The van der Waals surface area contributed by atoms with Crippen LogP contribution in [0.25, 0.3) is 0 Å². The van der Waals surface area contributed by atoms with Crippen molar-refractivity contribution in [2.24, 2.45) is 0 Å². The van der Waals surface area contributed by atoms with Gasteiger partial charge in [0.25, 0.3) is 5.91 Å². The molecule has 0 bridgehead atoms. The third-order valence-electron chi connectivity index (χ3n) is 2.45. The smallest absolute Gasteiger partial charge is 0.325 e. The zero-order chi connectivity index (χ0) is 13.7. The van der Waals surface area contributed by atoms with Crippen LogP contribution >= 0.6 is 11.6 Å². The number of carbonyl (C=O) groups is 2.